The van der Waals surface area contributed by atoms with E-state index in [1.807, 2.05) is 48.6 Å². The zero-order valence-electron chi connectivity index (χ0n) is 17.4. The summed E-state index contributed by atoms with van der Waals surface area (Å²) >= 11 is 1.70. The zero-order chi connectivity index (χ0) is 22.4. The molecule has 5 aromatic rings. The lowest BCUT2D eigenvalue weighted by Crippen LogP contribution is -2.15. The molecule has 0 fully saturated rings. The van der Waals surface area contributed by atoms with Gasteiger partial charge >= 0.3 is 0 Å². The number of nitrogens with one attached hydrogen (secondary N) is 2. The molecule has 0 spiro atoms. The van der Waals surface area contributed by atoms with E-state index in [9.17, 15) is 8.42 Å². The standard InChI is InChI=1S/C26H19N3O2S2/c30-33(31,24-11-3-7-17-8-4-13-28-26(17)24)29-20-14-19-9-5-12-27-25(19)21(16-20)23-15-18-6-1-2-10-22(18)32-23/h1-11,13-16,27,29H,12H2. The highest BCUT2D eigenvalue weighted by molar-refractivity contribution is 7.93. The Morgan fingerprint density at radius 3 is 2.70 bits per heavy atom. The fourth-order valence-electron chi connectivity index (χ4n) is 4.21. The molecule has 1 aliphatic rings. The first-order chi connectivity index (χ1) is 16.1. The van der Waals surface area contributed by atoms with Crippen molar-refractivity contribution < 1.29 is 8.42 Å². The number of hydrogen-bond donors (Lipinski definition) is 2. The monoisotopic (exact) mass is 469 g/mol. The van der Waals surface area contributed by atoms with Crippen molar-refractivity contribution in [3.05, 3.63) is 90.6 Å². The van der Waals surface area contributed by atoms with Gasteiger partial charge in [-0.25, -0.2) is 8.42 Å². The van der Waals surface area contributed by atoms with Gasteiger partial charge in [0.25, 0.3) is 10.0 Å². The first kappa shape index (κ1) is 20.0. The molecule has 2 aromatic heterocycles. The van der Waals surface area contributed by atoms with Crippen molar-refractivity contribution in [2.24, 2.45) is 0 Å². The highest BCUT2D eigenvalue weighted by Gasteiger charge is 2.21. The van der Waals surface area contributed by atoms with E-state index in [1.54, 1.807) is 35.7 Å². The van der Waals surface area contributed by atoms with Crippen molar-refractivity contribution in [3.63, 3.8) is 0 Å². The third kappa shape index (κ3) is 3.55. The molecule has 0 radical (unpaired) electrons. The van der Waals surface area contributed by atoms with E-state index in [4.69, 9.17) is 0 Å². The lowest BCUT2D eigenvalue weighted by atomic mass is 10.0. The second-order valence-electron chi connectivity index (χ2n) is 7.86. The number of pyridine rings is 1. The molecule has 5 nitrogen and oxygen atoms in total. The van der Waals surface area contributed by atoms with E-state index in [2.05, 4.69) is 33.2 Å². The van der Waals surface area contributed by atoms with Gasteiger partial charge in [-0.2, -0.15) is 0 Å². The van der Waals surface area contributed by atoms with Crippen molar-refractivity contribution in [2.75, 3.05) is 16.6 Å². The Kier molecular flexibility index (Phi) is 4.67. The molecule has 1 aliphatic heterocycles. The maximum absolute atomic E-state index is 13.4. The Hall–Kier alpha value is -3.68. The van der Waals surface area contributed by atoms with E-state index in [1.165, 1.54) is 10.1 Å². The molecule has 0 aliphatic carbocycles. The fourth-order valence-corrected chi connectivity index (χ4v) is 6.52. The molecule has 33 heavy (non-hydrogen) atoms. The van der Waals surface area contributed by atoms with Gasteiger partial charge in [-0.1, -0.05) is 48.6 Å². The molecule has 7 heteroatoms. The quantitative estimate of drug-likeness (QED) is 0.321. The molecule has 162 valence electrons. The van der Waals surface area contributed by atoms with Crippen LogP contribution in [0.1, 0.15) is 5.56 Å². The highest BCUT2D eigenvalue weighted by Crippen LogP contribution is 2.42. The van der Waals surface area contributed by atoms with Gasteiger partial charge in [0.05, 0.1) is 16.9 Å². The number of nitrogens with zero attached hydrogens (tertiary/aromatic N) is 1. The van der Waals surface area contributed by atoms with Gasteiger partial charge in [-0.15, -0.1) is 11.3 Å². The number of sulfonamides is 1. The predicted molar refractivity (Wildman–Crippen MR) is 137 cm³/mol. The smallest absolute Gasteiger partial charge is 0.264 e. The molecular weight excluding hydrogens is 450 g/mol. The maximum Gasteiger partial charge on any atom is 0.264 e. The number of benzene rings is 3. The molecule has 0 saturated heterocycles. The Morgan fingerprint density at radius 2 is 1.79 bits per heavy atom. The molecule has 3 heterocycles. The second kappa shape index (κ2) is 7.72. The number of aromatic nitrogens is 1. The molecule has 0 atom stereocenters. The van der Waals surface area contributed by atoms with Crippen LogP contribution in [0.5, 0.6) is 0 Å². The van der Waals surface area contributed by atoms with Gasteiger partial charge in [0.1, 0.15) is 4.90 Å². The maximum atomic E-state index is 13.4. The predicted octanol–water partition coefficient (Wildman–Crippen LogP) is 6.36. The van der Waals surface area contributed by atoms with Gasteiger partial charge in [0, 0.05) is 38.8 Å². The third-order valence-corrected chi connectivity index (χ3v) is 8.25. The van der Waals surface area contributed by atoms with Crippen LogP contribution in [-0.4, -0.2) is 19.9 Å². The van der Waals surface area contributed by atoms with Crippen LogP contribution in [-0.2, 0) is 10.0 Å². The molecule has 0 amide bonds. The summed E-state index contributed by atoms with van der Waals surface area (Å²) in [5.41, 5.74) is 3.91. The van der Waals surface area contributed by atoms with E-state index < -0.39 is 10.0 Å². The number of para-hydroxylation sites is 1. The topological polar surface area (TPSA) is 71.1 Å². The third-order valence-electron chi connectivity index (χ3n) is 5.69. The van der Waals surface area contributed by atoms with E-state index in [0.717, 1.165) is 33.6 Å². The first-order valence-corrected chi connectivity index (χ1v) is 12.8. The van der Waals surface area contributed by atoms with E-state index in [0.29, 0.717) is 11.2 Å². The minimum Gasteiger partial charge on any atom is -0.381 e. The molecule has 6 rings (SSSR count). The lowest BCUT2D eigenvalue weighted by Gasteiger charge is -2.19. The Balaban J connectivity index is 1.48. The minimum atomic E-state index is -3.84. The summed E-state index contributed by atoms with van der Waals surface area (Å²) in [5, 5.41) is 5.41. The van der Waals surface area contributed by atoms with Crippen molar-refractivity contribution in [1.82, 2.24) is 4.98 Å². The first-order valence-electron chi connectivity index (χ1n) is 10.5. The van der Waals surface area contributed by atoms with Gasteiger partial charge in [0.15, 0.2) is 0 Å². The fraction of sp³-hybridized carbons (Fsp3) is 0.0385. The van der Waals surface area contributed by atoms with Gasteiger partial charge < -0.3 is 5.32 Å². The number of hydrogen-bond acceptors (Lipinski definition) is 5. The summed E-state index contributed by atoms with van der Waals surface area (Å²) in [7, 11) is -3.84. The molecule has 0 bridgehead atoms. The molecular formula is C26H19N3O2S2. The number of anilines is 2. The molecule has 2 N–H and O–H groups in total. The van der Waals surface area contributed by atoms with Crippen LogP contribution in [0, 0.1) is 0 Å². The molecule has 3 aromatic carbocycles. The molecule has 0 saturated carbocycles. The van der Waals surface area contributed by atoms with Crippen molar-refractivity contribution in [2.45, 2.75) is 4.90 Å². The number of rotatable bonds is 4. The number of thiophene rings is 1. The molecule has 0 unspecified atom stereocenters. The van der Waals surface area contributed by atoms with E-state index in [-0.39, 0.29) is 4.90 Å². The summed E-state index contributed by atoms with van der Waals surface area (Å²) < 4.78 is 30.8. The van der Waals surface area contributed by atoms with Crippen molar-refractivity contribution in [3.8, 4) is 10.4 Å². The van der Waals surface area contributed by atoms with Gasteiger partial charge in [-0.3, -0.25) is 9.71 Å². The largest absolute Gasteiger partial charge is 0.381 e. The van der Waals surface area contributed by atoms with Gasteiger partial charge in [0.2, 0.25) is 0 Å². The Labute approximate surface area is 195 Å². The summed E-state index contributed by atoms with van der Waals surface area (Å²) in [4.78, 5) is 5.56. The summed E-state index contributed by atoms with van der Waals surface area (Å²) in [6, 6.07) is 23.0. The minimum absolute atomic E-state index is 0.162. The average Bonchev–Trinajstić information content (AvgIpc) is 3.27. The average molecular weight is 470 g/mol. The highest BCUT2D eigenvalue weighted by atomic mass is 32.2. The summed E-state index contributed by atoms with van der Waals surface area (Å²) in [5.74, 6) is 0. The normalized spacial score (nSPS) is 13.1. The Bertz CT molecular complexity index is 1630. The van der Waals surface area contributed by atoms with Crippen molar-refractivity contribution >= 4 is 59.8 Å². The summed E-state index contributed by atoms with van der Waals surface area (Å²) in [6.45, 7) is 0.734. The van der Waals surface area contributed by atoms with Crippen LogP contribution in [0.4, 0.5) is 11.4 Å². The van der Waals surface area contributed by atoms with Crippen LogP contribution in [0.2, 0.25) is 0 Å². The Morgan fingerprint density at radius 1 is 0.939 bits per heavy atom. The van der Waals surface area contributed by atoms with Gasteiger partial charge in [-0.05, 0) is 41.8 Å². The SMILES string of the molecule is O=S(=O)(Nc1cc2c(c(-c3cc4ccccc4s3)c1)NCC=C2)c1cccc2cccnc12. The van der Waals surface area contributed by atoms with Crippen LogP contribution in [0.15, 0.2) is 90.0 Å². The van der Waals surface area contributed by atoms with E-state index >= 15 is 0 Å². The zero-order valence-corrected chi connectivity index (χ0v) is 19.1. The van der Waals surface area contributed by atoms with Crippen LogP contribution >= 0.6 is 11.3 Å². The number of fused-ring (bicyclic) bond motifs is 3. The van der Waals surface area contributed by atoms with Crippen molar-refractivity contribution in [1.29, 1.82) is 0 Å². The summed E-state index contributed by atoms with van der Waals surface area (Å²) in [6.07, 6.45) is 5.67. The van der Waals surface area contributed by atoms with Crippen LogP contribution in [0.25, 0.3) is 37.5 Å². The lowest BCUT2D eigenvalue weighted by molar-refractivity contribution is 0.602. The van der Waals surface area contributed by atoms with Crippen LogP contribution < -0.4 is 10.0 Å². The van der Waals surface area contributed by atoms with Crippen LogP contribution in [0.3, 0.4) is 0 Å². The second-order valence-corrected chi connectivity index (χ2v) is 10.6.